The van der Waals surface area contributed by atoms with Gasteiger partial charge in [-0.2, -0.15) is 13.2 Å². The number of anilines is 1. The van der Waals surface area contributed by atoms with Gasteiger partial charge in [0.2, 0.25) is 0 Å². The first kappa shape index (κ1) is 14.5. The van der Waals surface area contributed by atoms with Crippen LogP contribution in [-0.4, -0.2) is 17.4 Å². The molecule has 0 fully saturated rings. The van der Waals surface area contributed by atoms with E-state index in [9.17, 15) is 22.4 Å². The number of pyridine rings is 1. The first-order chi connectivity index (χ1) is 10.4. The third-order valence-electron chi connectivity index (χ3n) is 3.54. The quantitative estimate of drug-likeness (QED) is 0.756. The molecule has 0 N–H and O–H groups in total. The van der Waals surface area contributed by atoms with Gasteiger partial charge in [0, 0.05) is 18.3 Å². The third kappa shape index (κ3) is 2.43. The Hall–Kier alpha value is -2.44. The van der Waals surface area contributed by atoms with E-state index in [1.165, 1.54) is 12.1 Å². The van der Waals surface area contributed by atoms with Gasteiger partial charge in [-0.25, -0.2) is 4.39 Å². The second-order valence-electron chi connectivity index (χ2n) is 4.90. The molecule has 1 aliphatic rings. The average molecular weight is 310 g/mol. The Bertz CT molecular complexity index is 743. The summed E-state index contributed by atoms with van der Waals surface area (Å²) in [5.74, 6) is -1.06. The van der Waals surface area contributed by atoms with Crippen molar-refractivity contribution in [2.24, 2.45) is 0 Å². The molecular formula is C15H10F4N2O. The molecule has 0 radical (unpaired) electrons. The topological polar surface area (TPSA) is 33.2 Å². The lowest BCUT2D eigenvalue weighted by atomic mass is 9.98. The molecule has 0 bridgehead atoms. The van der Waals surface area contributed by atoms with Gasteiger partial charge in [0.05, 0.1) is 17.4 Å². The molecule has 7 heteroatoms. The first-order valence-electron chi connectivity index (χ1n) is 6.49. The van der Waals surface area contributed by atoms with Crippen LogP contribution in [0.2, 0.25) is 0 Å². The molecule has 0 saturated carbocycles. The maximum Gasteiger partial charge on any atom is 0.418 e. The highest BCUT2D eigenvalue weighted by Gasteiger charge is 2.37. The minimum Gasteiger partial charge on any atom is -0.306 e. The van der Waals surface area contributed by atoms with E-state index in [0.717, 1.165) is 29.4 Å². The summed E-state index contributed by atoms with van der Waals surface area (Å²) in [7, 11) is 0. The standard InChI is InChI=1S/C15H10F4N2O/c16-10-1-2-11-9(7-10)4-6-21(14(11)22)13-8-20-5-3-12(13)15(17,18)19/h1-3,5,7-8H,4,6H2. The van der Waals surface area contributed by atoms with Gasteiger partial charge in [0.25, 0.3) is 5.91 Å². The maximum atomic E-state index is 13.2. The van der Waals surface area contributed by atoms with E-state index in [2.05, 4.69) is 4.98 Å². The lowest BCUT2D eigenvalue weighted by Gasteiger charge is -2.30. The molecule has 0 spiro atoms. The van der Waals surface area contributed by atoms with Crippen LogP contribution in [0.5, 0.6) is 0 Å². The van der Waals surface area contributed by atoms with E-state index in [1.807, 2.05) is 0 Å². The van der Waals surface area contributed by atoms with Crippen LogP contribution in [0, 0.1) is 5.82 Å². The number of hydrogen-bond donors (Lipinski definition) is 0. The van der Waals surface area contributed by atoms with Gasteiger partial charge < -0.3 is 4.90 Å². The molecule has 1 aliphatic heterocycles. The zero-order valence-electron chi connectivity index (χ0n) is 11.2. The average Bonchev–Trinajstić information content (AvgIpc) is 2.46. The number of carbonyl (C=O) groups is 1. The molecule has 0 atom stereocenters. The zero-order chi connectivity index (χ0) is 15.9. The van der Waals surface area contributed by atoms with Gasteiger partial charge in [-0.15, -0.1) is 0 Å². The summed E-state index contributed by atoms with van der Waals surface area (Å²) < 4.78 is 52.4. The normalized spacial score (nSPS) is 14.9. The Morgan fingerprint density at radius 3 is 2.68 bits per heavy atom. The fourth-order valence-corrected chi connectivity index (χ4v) is 2.53. The van der Waals surface area contributed by atoms with E-state index in [0.29, 0.717) is 5.56 Å². The van der Waals surface area contributed by atoms with E-state index < -0.39 is 23.5 Å². The summed E-state index contributed by atoms with van der Waals surface area (Å²) in [5, 5.41) is 0. The molecule has 3 rings (SSSR count). The van der Waals surface area contributed by atoms with Crippen molar-refractivity contribution >= 4 is 11.6 Å². The van der Waals surface area contributed by atoms with Gasteiger partial charge in [0.1, 0.15) is 5.82 Å². The SMILES string of the molecule is O=C1c2ccc(F)cc2CCN1c1cnccc1C(F)(F)F. The van der Waals surface area contributed by atoms with Crippen LogP contribution in [0.1, 0.15) is 21.5 Å². The number of amides is 1. The van der Waals surface area contributed by atoms with Gasteiger partial charge >= 0.3 is 6.18 Å². The zero-order valence-corrected chi connectivity index (χ0v) is 11.2. The van der Waals surface area contributed by atoms with Crippen LogP contribution in [0.25, 0.3) is 0 Å². The summed E-state index contributed by atoms with van der Waals surface area (Å²) in [5.41, 5.74) is -0.486. The molecule has 1 amide bonds. The molecule has 0 aliphatic carbocycles. The predicted molar refractivity (Wildman–Crippen MR) is 71.0 cm³/mol. The molecular weight excluding hydrogens is 300 g/mol. The van der Waals surface area contributed by atoms with Crippen LogP contribution in [0.3, 0.4) is 0 Å². The van der Waals surface area contributed by atoms with E-state index in [1.54, 1.807) is 0 Å². The minimum atomic E-state index is -4.58. The highest BCUT2D eigenvalue weighted by Crippen LogP contribution is 2.37. The molecule has 2 heterocycles. The van der Waals surface area contributed by atoms with Crippen LogP contribution in [-0.2, 0) is 12.6 Å². The van der Waals surface area contributed by atoms with Crippen LogP contribution >= 0.6 is 0 Å². The minimum absolute atomic E-state index is 0.0457. The summed E-state index contributed by atoms with van der Waals surface area (Å²) in [6.07, 6.45) is -2.24. The number of halogens is 4. The molecule has 1 aromatic heterocycles. The number of aromatic nitrogens is 1. The Morgan fingerprint density at radius 2 is 1.95 bits per heavy atom. The van der Waals surface area contributed by atoms with E-state index in [4.69, 9.17) is 0 Å². The molecule has 1 aromatic carbocycles. The van der Waals surface area contributed by atoms with Crippen molar-refractivity contribution < 1.29 is 22.4 Å². The van der Waals surface area contributed by atoms with E-state index in [-0.39, 0.29) is 24.2 Å². The number of hydrogen-bond acceptors (Lipinski definition) is 2. The number of alkyl halides is 3. The van der Waals surface area contributed by atoms with Crippen LogP contribution in [0.15, 0.2) is 36.7 Å². The lowest BCUT2D eigenvalue weighted by molar-refractivity contribution is -0.137. The van der Waals surface area contributed by atoms with Crippen molar-refractivity contribution in [2.75, 3.05) is 11.4 Å². The Morgan fingerprint density at radius 1 is 1.18 bits per heavy atom. The monoisotopic (exact) mass is 310 g/mol. The largest absolute Gasteiger partial charge is 0.418 e. The van der Waals surface area contributed by atoms with Crippen molar-refractivity contribution in [1.29, 1.82) is 0 Å². The molecule has 2 aromatic rings. The summed E-state index contributed by atoms with van der Waals surface area (Å²) in [4.78, 5) is 17.1. The number of nitrogens with zero attached hydrogens (tertiary/aromatic N) is 2. The van der Waals surface area contributed by atoms with Crippen LogP contribution in [0.4, 0.5) is 23.2 Å². The number of benzene rings is 1. The fourth-order valence-electron chi connectivity index (χ4n) is 2.53. The number of carbonyl (C=O) groups excluding carboxylic acids is 1. The summed E-state index contributed by atoms with van der Waals surface area (Å²) in [6.45, 7) is 0.0457. The Labute approximate surface area is 123 Å². The molecule has 22 heavy (non-hydrogen) atoms. The number of rotatable bonds is 1. The molecule has 114 valence electrons. The van der Waals surface area contributed by atoms with E-state index >= 15 is 0 Å². The second-order valence-corrected chi connectivity index (χ2v) is 4.90. The molecule has 3 nitrogen and oxygen atoms in total. The second kappa shape index (κ2) is 5.08. The Balaban J connectivity index is 2.05. The maximum absolute atomic E-state index is 13.2. The number of fused-ring (bicyclic) bond motifs is 1. The Kier molecular flexibility index (Phi) is 3.35. The highest BCUT2D eigenvalue weighted by atomic mass is 19.4. The summed E-state index contributed by atoms with van der Waals surface area (Å²) >= 11 is 0. The highest BCUT2D eigenvalue weighted by molar-refractivity contribution is 6.08. The van der Waals surface area contributed by atoms with Gasteiger partial charge in [-0.3, -0.25) is 9.78 Å². The predicted octanol–water partition coefficient (Wildman–Crippen LogP) is 3.44. The smallest absolute Gasteiger partial charge is 0.306 e. The van der Waals surface area contributed by atoms with Crippen molar-refractivity contribution in [3.63, 3.8) is 0 Å². The summed E-state index contributed by atoms with van der Waals surface area (Å²) in [6, 6.07) is 4.48. The van der Waals surface area contributed by atoms with Crippen molar-refractivity contribution in [3.05, 3.63) is 59.2 Å². The van der Waals surface area contributed by atoms with Gasteiger partial charge in [-0.1, -0.05) is 0 Å². The van der Waals surface area contributed by atoms with Crippen LogP contribution < -0.4 is 4.90 Å². The van der Waals surface area contributed by atoms with Crippen molar-refractivity contribution in [1.82, 2.24) is 4.98 Å². The third-order valence-corrected chi connectivity index (χ3v) is 3.54. The lowest BCUT2D eigenvalue weighted by Crippen LogP contribution is -2.39. The van der Waals surface area contributed by atoms with Gasteiger partial charge in [-0.05, 0) is 36.2 Å². The van der Waals surface area contributed by atoms with Crippen molar-refractivity contribution in [2.45, 2.75) is 12.6 Å². The first-order valence-corrected chi connectivity index (χ1v) is 6.49. The molecule has 0 saturated heterocycles. The molecule has 0 unspecified atom stereocenters. The van der Waals surface area contributed by atoms with Gasteiger partial charge in [0.15, 0.2) is 0 Å². The fraction of sp³-hybridized carbons (Fsp3) is 0.200. The van der Waals surface area contributed by atoms with Crippen molar-refractivity contribution in [3.8, 4) is 0 Å².